The van der Waals surface area contributed by atoms with Gasteiger partial charge in [0.2, 0.25) is 0 Å². The van der Waals surface area contributed by atoms with Gasteiger partial charge in [-0.15, -0.1) is 0 Å². The number of benzene rings is 2. The van der Waals surface area contributed by atoms with Crippen LogP contribution >= 0.6 is 15.9 Å². The molecule has 1 atom stereocenters. The molecule has 2 aromatic carbocycles. The predicted octanol–water partition coefficient (Wildman–Crippen LogP) is 3.84. The number of nitrogens with two attached hydrogens (primary N) is 1. The van der Waals surface area contributed by atoms with Crippen LogP contribution in [-0.4, -0.2) is 6.04 Å². The fraction of sp³-hybridized carbons (Fsp3) is 0.200. The molecule has 0 fully saturated rings. The minimum absolute atomic E-state index is 0.245. The molecule has 1 nitrogen and oxygen atoms in total. The maximum absolute atomic E-state index is 13.6. The van der Waals surface area contributed by atoms with Gasteiger partial charge in [0.05, 0.1) is 0 Å². The number of rotatable bonds is 4. The lowest BCUT2D eigenvalue weighted by molar-refractivity contribution is 0.581. The molecular formula is C15H14BrF2N. The average molecular weight is 326 g/mol. The second kappa shape index (κ2) is 6.26. The Bertz CT molecular complexity index is 572. The summed E-state index contributed by atoms with van der Waals surface area (Å²) in [5, 5.41) is 0. The summed E-state index contributed by atoms with van der Waals surface area (Å²) in [4.78, 5) is 0. The maximum Gasteiger partial charge on any atom is 0.126 e. The van der Waals surface area contributed by atoms with E-state index in [1.54, 1.807) is 18.2 Å². The lowest BCUT2D eigenvalue weighted by Crippen LogP contribution is -2.26. The molecule has 100 valence electrons. The molecule has 1 unspecified atom stereocenters. The Hall–Kier alpha value is -1.26. The van der Waals surface area contributed by atoms with Crippen molar-refractivity contribution in [1.29, 1.82) is 0 Å². The van der Waals surface area contributed by atoms with Gasteiger partial charge in [-0.2, -0.15) is 0 Å². The molecule has 0 aliphatic carbocycles. The molecule has 0 saturated heterocycles. The minimum atomic E-state index is -0.279. The van der Waals surface area contributed by atoms with Gasteiger partial charge >= 0.3 is 0 Å². The quantitative estimate of drug-likeness (QED) is 0.908. The molecule has 0 aliphatic heterocycles. The standard InChI is InChI=1S/C15H14BrF2N/c16-12-4-5-15(18)11(8-12)9-14(19)7-10-2-1-3-13(17)6-10/h1-6,8,14H,7,9,19H2. The van der Waals surface area contributed by atoms with Gasteiger partial charge in [-0.1, -0.05) is 28.1 Å². The summed E-state index contributed by atoms with van der Waals surface area (Å²) >= 11 is 3.31. The van der Waals surface area contributed by atoms with E-state index in [0.717, 1.165) is 10.0 Å². The number of hydrogen-bond acceptors (Lipinski definition) is 1. The molecule has 0 saturated carbocycles. The first-order valence-corrected chi connectivity index (χ1v) is 6.78. The first-order chi connectivity index (χ1) is 9.04. The maximum atomic E-state index is 13.6. The smallest absolute Gasteiger partial charge is 0.126 e. The van der Waals surface area contributed by atoms with Crippen molar-refractivity contribution in [2.45, 2.75) is 18.9 Å². The van der Waals surface area contributed by atoms with Crippen molar-refractivity contribution in [1.82, 2.24) is 0 Å². The predicted molar refractivity (Wildman–Crippen MR) is 75.9 cm³/mol. The summed E-state index contributed by atoms with van der Waals surface area (Å²) in [6.45, 7) is 0. The second-order valence-electron chi connectivity index (χ2n) is 4.53. The molecule has 0 heterocycles. The van der Waals surface area contributed by atoms with Gasteiger partial charge in [0.15, 0.2) is 0 Å². The highest BCUT2D eigenvalue weighted by molar-refractivity contribution is 9.10. The Balaban J connectivity index is 2.05. The van der Waals surface area contributed by atoms with Crippen LogP contribution in [0, 0.1) is 11.6 Å². The third-order valence-corrected chi connectivity index (χ3v) is 3.37. The molecule has 0 radical (unpaired) electrons. The second-order valence-corrected chi connectivity index (χ2v) is 5.45. The molecular weight excluding hydrogens is 312 g/mol. The van der Waals surface area contributed by atoms with Crippen LogP contribution in [0.1, 0.15) is 11.1 Å². The van der Waals surface area contributed by atoms with Gasteiger partial charge < -0.3 is 5.73 Å². The third kappa shape index (κ3) is 4.11. The highest BCUT2D eigenvalue weighted by Crippen LogP contribution is 2.17. The Morgan fingerprint density at radius 1 is 1.05 bits per heavy atom. The van der Waals surface area contributed by atoms with Crippen LogP contribution in [0.2, 0.25) is 0 Å². The van der Waals surface area contributed by atoms with Gasteiger partial charge in [-0.3, -0.25) is 0 Å². The van der Waals surface area contributed by atoms with Crippen molar-refractivity contribution >= 4 is 15.9 Å². The SMILES string of the molecule is NC(Cc1cccc(F)c1)Cc1cc(Br)ccc1F. The van der Waals surface area contributed by atoms with Crippen LogP contribution in [-0.2, 0) is 12.8 Å². The van der Waals surface area contributed by atoms with Crippen molar-refractivity contribution in [2.24, 2.45) is 5.73 Å². The molecule has 0 aliphatic rings. The largest absolute Gasteiger partial charge is 0.327 e. The number of halogens is 3. The normalized spacial score (nSPS) is 12.4. The number of hydrogen-bond donors (Lipinski definition) is 1. The summed E-state index contributed by atoms with van der Waals surface area (Å²) in [7, 11) is 0. The molecule has 0 amide bonds. The van der Waals surface area contributed by atoms with Crippen molar-refractivity contribution < 1.29 is 8.78 Å². The van der Waals surface area contributed by atoms with E-state index >= 15 is 0 Å². The summed E-state index contributed by atoms with van der Waals surface area (Å²) in [5.74, 6) is -0.545. The zero-order chi connectivity index (χ0) is 13.8. The highest BCUT2D eigenvalue weighted by atomic mass is 79.9. The minimum Gasteiger partial charge on any atom is -0.327 e. The molecule has 2 rings (SSSR count). The van der Waals surface area contributed by atoms with Gasteiger partial charge in [-0.05, 0) is 54.3 Å². The van der Waals surface area contributed by atoms with Gasteiger partial charge in [0, 0.05) is 10.5 Å². The monoisotopic (exact) mass is 325 g/mol. The van der Waals surface area contributed by atoms with Crippen LogP contribution in [0.3, 0.4) is 0 Å². The zero-order valence-corrected chi connectivity index (χ0v) is 11.8. The fourth-order valence-electron chi connectivity index (χ4n) is 2.02. The molecule has 0 bridgehead atoms. The van der Waals surface area contributed by atoms with Crippen LogP contribution in [0.4, 0.5) is 8.78 Å². The van der Waals surface area contributed by atoms with E-state index in [4.69, 9.17) is 5.73 Å². The average Bonchev–Trinajstić information content (AvgIpc) is 2.34. The molecule has 19 heavy (non-hydrogen) atoms. The van der Waals surface area contributed by atoms with Crippen LogP contribution in [0.25, 0.3) is 0 Å². The van der Waals surface area contributed by atoms with E-state index in [2.05, 4.69) is 15.9 Å². The highest BCUT2D eigenvalue weighted by Gasteiger charge is 2.10. The van der Waals surface area contributed by atoms with Crippen molar-refractivity contribution in [3.05, 3.63) is 69.7 Å². The van der Waals surface area contributed by atoms with Crippen LogP contribution in [0.15, 0.2) is 46.9 Å². The van der Waals surface area contributed by atoms with E-state index < -0.39 is 0 Å². The molecule has 2 aromatic rings. The fourth-order valence-corrected chi connectivity index (χ4v) is 2.43. The Morgan fingerprint density at radius 2 is 1.84 bits per heavy atom. The lowest BCUT2D eigenvalue weighted by Gasteiger charge is -2.13. The van der Waals surface area contributed by atoms with Crippen LogP contribution in [0.5, 0.6) is 0 Å². The Kier molecular flexibility index (Phi) is 4.66. The van der Waals surface area contributed by atoms with Gasteiger partial charge in [0.1, 0.15) is 11.6 Å². The van der Waals surface area contributed by atoms with E-state index in [1.807, 2.05) is 6.07 Å². The first-order valence-electron chi connectivity index (χ1n) is 5.98. The van der Waals surface area contributed by atoms with Crippen LogP contribution < -0.4 is 5.73 Å². The zero-order valence-electron chi connectivity index (χ0n) is 10.2. The van der Waals surface area contributed by atoms with E-state index in [1.165, 1.54) is 18.2 Å². The summed E-state index contributed by atoms with van der Waals surface area (Å²) in [5.41, 5.74) is 7.39. The van der Waals surface area contributed by atoms with Crippen molar-refractivity contribution in [3.63, 3.8) is 0 Å². The summed E-state index contributed by atoms with van der Waals surface area (Å²) < 4.78 is 27.5. The first kappa shape index (κ1) is 14.2. The Labute approximate surface area is 119 Å². The van der Waals surface area contributed by atoms with E-state index in [0.29, 0.717) is 18.4 Å². The topological polar surface area (TPSA) is 26.0 Å². The van der Waals surface area contributed by atoms with E-state index in [-0.39, 0.29) is 17.7 Å². The van der Waals surface area contributed by atoms with Gasteiger partial charge in [-0.25, -0.2) is 8.78 Å². The van der Waals surface area contributed by atoms with Crippen molar-refractivity contribution in [2.75, 3.05) is 0 Å². The molecule has 2 N–H and O–H groups in total. The molecule has 4 heteroatoms. The molecule has 0 aromatic heterocycles. The Morgan fingerprint density at radius 3 is 2.58 bits per heavy atom. The summed E-state index contributed by atoms with van der Waals surface area (Å²) in [6.07, 6.45) is 0.936. The lowest BCUT2D eigenvalue weighted by atomic mass is 9.99. The van der Waals surface area contributed by atoms with Gasteiger partial charge in [0.25, 0.3) is 0 Å². The molecule has 0 spiro atoms. The third-order valence-electron chi connectivity index (χ3n) is 2.88. The van der Waals surface area contributed by atoms with Crippen molar-refractivity contribution in [3.8, 4) is 0 Å². The summed E-state index contributed by atoms with van der Waals surface area (Å²) in [6, 6.07) is 10.9. The van der Waals surface area contributed by atoms with E-state index in [9.17, 15) is 8.78 Å².